The summed E-state index contributed by atoms with van der Waals surface area (Å²) in [6.07, 6.45) is 2.59. The minimum absolute atomic E-state index is 0.0950. The number of anilines is 1. The molecule has 0 heterocycles. The molecule has 6 nitrogen and oxygen atoms in total. The van der Waals surface area contributed by atoms with Gasteiger partial charge in [-0.05, 0) is 37.5 Å². The highest BCUT2D eigenvalue weighted by Crippen LogP contribution is 2.26. The summed E-state index contributed by atoms with van der Waals surface area (Å²) in [6.45, 7) is 3.20. The number of methoxy groups -OCH3 is 1. The van der Waals surface area contributed by atoms with Crippen LogP contribution in [-0.4, -0.2) is 47.4 Å². The first-order valence-corrected chi connectivity index (χ1v) is 9.98. The van der Waals surface area contributed by atoms with Gasteiger partial charge in [-0.25, -0.2) is 8.42 Å². The van der Waals surface area contributed by atoms with Gasteiger partial charge in [0.15, 0.2) is 0 Å². The van der Waals surface area contributed by atoms with E-state index >= 15 is 0 Å². The van der Waals surface area contributed by atoms with Gasteiger partial charge in [-0.2, -0.15) is 0 Å². The molecule has 0 aliphatic carbocycles. The number of ether oxygens (including phenoxy) is 1. The lowest BCUT2D eigenvalue weighted by Gasteiger charge is -2.24. The maximum atomic E-state index is 12.1. The first kappa shape index (κ1) is 20.7. The number of carbonyl (C=O) groups excluding carboxylic acids is 1. The van der Waals surface area contributed by atoms with E-state index in [9.17, 15) is 13.2 Å². The van der Waals surface area contributed by atoms with E-state index in [1.807, 2.05) is 6.92 Å². The zero-order valence-electron chi connectivity index (χ0n) is 14.3. The highest BCUT2D eigenvalue weighted by Gasteiger charge is 2.19. The second-order valence-electron chi connectivity index (χ2n) is 5.57. The second kappa shape index (κ2) is 9.86. The van der Waals surface area contributed by atoms with E-state index < -0.39 is 10.0 Å². The average molecular weight is 377 g/mol. The van der Waals surface area contributed by atoms with Crippen molar-refractivity contribution in [1.29, 1.82) is 0 Å². The largest absolute Gasteiger partial charge is 0.385 e. The SMILES string of the molecule is COCCCNC(=O)CCCN(c1cc(Cl)ccc1C)S(C)(=O)=O. The van der Waals surface area contributed by atoms with Crippen LogP contribution >= 0.6 is 11.6 Å². The second-order valence-corrected chi connectivity index (χ2v) is 7.91. The Bertz CT molecular complexity index is 649. The summed E-state index contributed by atoms with van der Waals surface area (Å²) in [5.41, 5.74) is 1.36. The van der Waals surface area contributed by atoms with Crippen LogP contribution in [0.5, 0.6) is 0 Å². The molecule has 1 rings (SSSR count). The van der Waals surface area contributed by atoms with Crippen LogP contribution in [0.15, 0.2) is 18.2 Å². The Morgan fingerprint density at radius 1 is 1.33 bits per heavy atom. The number of aryl methyl sites for hydroxylation is 1. The molecule has 0 saturated carbocycles. The third-order valence-corrected chi connectivity index (χ3v) is 4.87. The van der Waals surface area contributed by atoms with Crippen LogP contribution in [0.3, 0.4) is 0 Å². The van der Waals surface area contributed by atoms with Crippen molar-refractivity contribution in [3.8, 4) is 0 Å². The topological polar surface area (TPSA) is 75.7 Å². The van der Waals surface area contributed by atoms with Crippen molar-refractivity contribution in [2.45, 2.75) is 26.2 Å². The molecule has 0 bridgehead atoms. The average Bonchev–Trinajstić information content (AvgIpc) is 2.50. The Kier molecular flexibility index (Phi) is 8.52. The van der Waals surface area contributed by atoms with E-state index in [2.05, 4.69) is 5.32 Å². The number of hydrogen-bond donors (Lipinski definition) is 1. The number of nitrogens with one attached hydrogen (secondary N) is 1. The molecule has 1 aromatic carbocycles. The summed E-state index contributed by atoms with van der Waals surface area (Å²) in [6, 6.07) is 5.12. The van der Waals surface area contributed by atoms with Crippen molar-refractivity contribution in [3.63, 3.8) is 0 Å². The fourth-order valence-electron chi connectivity index (χ4n) is 2.23. The van der Waals surface area contributed by atoms with Gasteiger partial charge in [0.05, 0.1) is 11.9 Å². The lowest BCUT2D eigenvalue weighted by atomic mass is 10.2. The third kappa shape index (κ3) is 7.07. The summed E-state index contributed by atoms with van der Waals surface area (Å²) in [7, 11) is -1.84. The van der Waals surface area contributed by atoms with Gasteiger partial charge < -0.3 is 10.1 Å². The van der Waals surface area contributed by atoms with Crippen LogP contribution in [0, 0.1) is 6.92 Å². The molecule has 1 N–H and O–H groups in total. The van der Waals surface area contributed by atoms with Gasteiger partial charge in [-0.15, -0.1) is 0 Å². The standard InChI is InChI=1S/C16H25ClN2O4S/c1-13-7-8-14(17)12-15(13)19(24(3,21)22)10-4-6-16(20)18-9-5-11-23-2/h7-8,12H,4-6,9-11H2,1-3H3,(H,18,20). The van der Waals surface area contributed by atoms with Crippen molar-refractivity contribution < 1.29 is 17.9 Å². The highest BCUT2D eigenvalue weighted by molar-refractivity contribution is 7.92. The van der Waals surface area contributed by atoms with Crippen LogP contribution in [0.4, 0.5) is 5.69 Å². The summed E-state index contributed by atoms with van der Waals surface area (Å²) in [5, 5.41) is 3.25. The lowest BCUT2D eigenvalue weighted by Crippen LogP contribution is -2.33. The molecule has 0 saturated heterocycles. The fraction of sp³-hybridized carbons (Fsp3) is 0.562. The van der Waals surface area contributed by atoms with Gasteiger partial charge in [0.25, 0.3) is 0 Å². The van der Waals surface area contributed by atoms with Crippen molar-refractivity contribution in [1.82, 2.24) is 5.32 Å². The molecule has 136 valence electrons. The molecule has 0 aromatic heterocycles. The van der Waals surface area contributed by atoms with E-state index in [0.717, 1.165) is 18.2 Å². The fourth-order valence-corrected chi connectivity index (χ4v) is 3.41. The smallest absolute Gasteiger partial charge is 0.232 e. The van der Waals surface area contributed by atoms with E-state index in [-0.39, 0.29) is 18.9 Å². The quantitative estimate of drug-likeness (QED) is 0.636. The van der Waals surface area contributed by atoms with Crippen LogP contribution in [0.1, 0.15) is 24.8 Å². The molecule has 8 heteroatoms. The van der Waals surface area contributed by atoms with E-state index in [0.29, 0.717) is 30.3 Å². The molecule has 0 unspecified atom stereocenters. The zero-order chi connectivity index (χ0) is 18.2. The molecule has 1 amide bonds. The number of hydrogen-bond acceptors (Lipinski definition) is 4. The predicted octanol–water partition coefficient (Wildman–Crippen LogP) is 2.35. The highest BCUT2D eigenvalue weighted by atomic mass is 35.5. The van der Waals surface area contributed by atoms with E-state index in [1.165, 1.54) is 4.31 Å². The van der Waals surface area contributed by atoms with Gasteiger partial charge in [-0.3, -0.25) is 9.10 Å². The van der Waals surface area contributed by atoms with E-state index in [1.54, 1.807) is 25.3 Å². The van der Waals surface area contributed by atoms with Crippen molar-refractivity contribution >= 4 is 33.2 Å². The maximum Gasteiger partial charge on any atom is 0.232 e. The lowest BCUT2D eigenvalue weighted by molar-refractivity contribution is -0.121. The number of nitrogens with zero attached hydrogens (tertiary/aromatic N) is 1. The third-order valence-electron chi connectivity index (χ3n) is 3.45. The Morgan fingerprint density at radius 3 is 2.67 bits per heavy atom. The van der Waals surface area contributed by atoms with Gasteiger partial charge >= 0.3 is 0 Å². The minimum Gasteiger partial charge on any atom is -0.385 e. The first-order chi connectivity index (χ1) is 11.3. The zero-order valence-corrected chi connectivity index (χ0v) is 15.9. The number of benzene rings is 1. The normalized spacial score (nSPS) is 11.3. The minimum atomic E-state index is -3.45. The molecule has 0 aliphatic rings. The van der Waals surface area contributed by atoms with Crippen molar-refractivity contribution in [3.05, 3.63) is 28.8 Å². The van der Waals surface area contributed by atoms with Crippen molar-refractivity contribution in [2.75, 3.05) is 37.4 Å². The Morgan fingerprint density at radius 2 is 2.04 bits per heavy atom. The summed E-state index contributed by atoms with van der Waals surface area (Å²) >= 11 is 5.98. The Hall–Kier alpha value is -1.31. The predicted molar refractivity (Wildman–Crippen MR) is 97.1 cm³/mol. The van der Waals surface area contributed by atoms with Crippen LogP contribution < -0.4 is 9.62 Å². The molecule has 0 atom stereocenters. The molecule has 0 fully saturated rings. The first-order valence-electron chi connectivity index (χ1n) is 7.75. The molecule has 24 heavy (non-hydrogen) atoms. The molecular formula is C16H25ClN2O4S. The van der Waals surface area contributed by atoms with Crippen LogP contribution in [0.25, 0.3) is 0 Å². The van der Waals surface area contributed by atoms with Gasteiger partial charge in [0.2, 0.25) is 15.9 Å². The summed E-state index contributed by atoms with van der Waals surface area (Å²) < 4.78 is 30.4. The maximum absolute atomic E-state index is 12.1. The molecule has 0 radical (unpaired) electrons. The monoisotopic (exact) mass is 376 g/mol. The van der Waals surface area contributed by atoms with Crippen molar-refractivity contribution in [2.24, 2.45) is 0 Å². The number of amides is 1. The molecule has 0 spiro atoms. The van der Waals surface area contributed by atoms with Gasteiger partial charge in [0.1, 0.15) is 0 Å². The van der Waals surface area contributed by atoms with Crippen LogP contribution in [-0.2, 0) is 19.6 Å². The Balaban J connectivity index is 2.63. The molecular weight excluding hydrogens is 352 g/mol. The number of carbonyl (C=O) groups is 1. The van der Waals surface area contributed by atoms with Crippen LogP contribution in [0.2, 0.25) is 5.02 Å². The summed E-state index contributed by atoms with van der Waals surface area (Å²) in [5.74, 6) is -0.0950. The Labute approximate surface area is 149 Å². The van der Waals surface area contributed by atoms with E-state index in [4.69, 9.17) is 16.3 Å². The van der Waals surface area contributed by atoms with Gasteiger partial charge in [0, 0.05) is 38.2 Å². The number of sulfonamides is 1. The molecule has 0 aliphatic heterocycles. The number of halogens is 1. The molecule has 1 aromatic rings. The van der Waals surface area contributed by atoms with Gasteiger partial charge in [-0.1, -0.05) is 17.7 Å². The summed E-state index contributed by atoms with van der Waals surface area (Å²) in [4.78, 5) is 11.8. The number of rotatable bonds is 10.